The molecule has 0 unspecified atom stereocenters. The largest absolute Gasteiger partial charge is 0.545 e. The molecule has 17 heavy (non-hydrogen) atoms. The lowest BCUT2D eigenvalue weighted by molar-refractivity contribution is -0.300. The van der Waals surface area contributed by atoms with Gasteiger partial charge in [-0.05, 0) is 30.4 Å². The van der Waals surface area contributed by atoms with Crippen LogP contribution in [0.2, 0.25) is 0 Å². The maximum Gasteiger partial charge on any atom is 0.0677 e. The summed E-state index contributed by atoms with van der Waals surface area (Å²) in [4.78, 5) is 11.0. The number of carbonyl (C=O) groups is 1. The van der Waals surface area contributed by atoms with Crippen molar-refractivity contribution in [2.75, 3.05) is 0 Å². The minimum absolute atomic E-state index is 0. The number of aliphatic carboxylic acids is 1. The van der Waals surface area contributed by atoms with Crippen molar-refractivity contribution in [3.05, 3.63) is 47.0 Å². The van der Waals surface area contributed by atoms with Gasteiger partial charge in [-0.15, -0.1) is 0 Å². The molecule has 1 rings (SSSR count). The molecule has 94 valence electrons. The Labute approximate surface area is 103 Å². The third-order valence-corrected chi connectivity index (χ3v) is 2.57. The fourth-order valence-electron chi connectivity index (χ4n) is 1.90. The standard InChI is InChI=1S/C14H18O2.H3N/c1-10(2)13(14(15)16)11(3)9-12-7-5-4-6-8-12;/h4-8,10H,9H2,1-3H3,(H,15,16);1H3/b13-11+;. The van der Waals surface area contributed by atoms with Gasteiger partial charge in [0.2, 0.25) is 0 Å². The minimum Gasteiger partial charge on any atom is -0.545 e. The van der Waals surface area contributed by atoms with E-state index in [4.69, 9.17) is 0 Å². The average Bonchev–Trinajstić information content (AvgIpc) is 2.17. The number of carbonyl (C=O) groups excluding carboxylic acids is 1. The van der Waals surface area contributed by atoms with E-state index in [1.54, 1.807) is 0 Å². The van der Waals surface area contributed by atoms with E-state index < -0.39 is 5.97 Å². The van der Waals surface area contributed by atoms with Crippen molar-refractivity contribution in [2.24, 2.45) is 5.92 Å². The van der Waals surface area contributed by atoms with Gasteiger partial charge in [0.15, 0.2) is 0 Å². The zero-order valence-electron chi connectivity index (χ0n) is 11.0. The van der Waals surface area contributed by atoms with Crippen molar-refractivity contribution >= 4 is 5.97 Å². The molecular weight excluding hydrogens is 214 g/mol. The van der Waals surface area contributed by atoms with Crippen LogP contribution in [0.5, 0.6) is 0 Å². The van der Waals surface area contributed by atoms with Gasteiger partial charge < -0.3 is 16.1 Å². The minimum atomic E-state index is -1.05. The van der Waals surface area contributed by atoms with E-state index in [1.165, 1.54) is 0 Å². The van der Waals surface area contributed by atoms with Crippen LogP contribution in [0.15, 0.2) is 41.5 Å². The Kier molecular flexibility index (Phi) is 6.21. The highest BCUT2D eigenvalue weighted by Gasteiger charge is 2.09. The molecule has 0 spiro atoms. The van der Waals surface area contributed by atoms with Gasteiger partial charge in [0, 0.05) is 0 Å². The van der Waals surface area contributed by atoms with Crippen molar-refractivity contribution in [1.82, 2.24) is 6.15 Å². The summed E-state index contributed by atoms with van der Waals surface area (Å²) in [6.07, 6.45) is 0.669. The first kappa shape index (κ1) is 15.4. The van der Waals surface area contributed by atoms with Crippen LogP contribution in [0.1, 0.15) is 26.3 Å². The first-order valence-corrected chi connectivity index (χ1v) is 5.47. The van der Waals surface area contributed by atoms with Gasteiger partial charge in [0.05, 0.1) is 5.97 Å². The fraction of sp³-hybridized carbons (Fsp3) is 0.357. The van der Waals surface area contributed by atoms with Crippen molar-refractivity contribution in [2.45, 2.75) is 27.2 Å². The molecule has 0 heterocycles. The molecule has 0 aromatic heterocycles. The summed E-state index contributed by atoms with van der Waals surface area (Å²) in [6.45, 7) is 5.61. The molecular formula is C14H21NO2. The second-order valence-corrected chi connectivity index (χ2v) is 4.30. The summed E-state index contributed by atoms with van der Waals surface area (Å²) >= 11 is 0. The van der Waals surface area contributed by atoms with Crippen LogP contribution in [0.3, 0.4) is 0 Å². The number of carboxylic acid groups (broad SMARTS) is 1. The summed E-state index contributed by atoms with van der Waals surface area (Å²) in [5, 5.41) is 11.0. The Morgan fingerprint density at radius 2 is 1.76 bits per heavy atom. The number of benzene rings is 1. The molecule has 3 nitrogen and oxygen atoms in total. The van der Waals surface area contributed by atoms with Crippen LogP contribution >= 0.6 is 0 Å². The van der Waals surface area contributed by atoms with Gasteiger partial charge in [-0.2, -0.15) is 0 Å². The molecule has 0 radical (unpaired) electrons. The Hall–Kier alpha value is -1.61. The molecule has 1 aromatic carbocycles. The Morgan fingerprint density at radius 3 is 2.18 bits per heavy atom. The van der Waals surface area contributed by atoms with E-state index in [1.807, 2.05) is 51.1 Å². The number of carboxylic acids is 1. The monoisotopic (exact) mass is 235 g/mol. The van der Waals surface area contributed by atoms with Crippen molar-refractivity contribution in [1.29, 1.82) is 0 Å². The molecule has 0 fully saturated rings. The molecule has 0 aliphatic carbocycles. The summed E-state index contributed by atoms with van der Waals surface area (Å²) in [5.41, 5.74) is 2.42. The molecule has 0 saturated heterocycles. The summed E-state index contributed by atoms with van der Waals surface area (Å²) in [6, 6.07) is 9.85. The quantitative estimate of drug-likeness (QED) is 0.813. The zero-order valence-corrected chi connectivity index (χ0v) is 11.0. The highest BCUT2D eigenvalue weighted by atomic mass is 16.4. The second-order valence-electron chi connectivity index (χ2n) is 4.30. The molecule has 1 aromatic rings. The summed E-state index contributed by atoms with van der Waals surface area (Å²) < 4.78 is 0. The highest BCUT2D eigenvalue weighted by Crippen LogP contribution is 2.17. The molecule has 4 N–H and O–H groups in total. The van der Waals surface area contributed by atoms with Gasteiger partial charge in [-0.25, -0.2) is 0 Å². The maximum atomic E-state index is 11.0. The third kappa shape index (κ3) is 4.41. The van der Waals surface area contributed by atoms with E-state index in [-0.39, 0.29) is 12.1 Å². The number of quaternary nitrogens is 1. The number of allylic oxidation sites excluding steroid dienone is 1. The molecule has 0 bridgehead atoms. The predicted molar refractivity (Wildman–Crippen MR) is 68.7 cm³/mol. The first-order chi connectivity index (χ1) is 7.52. The van der Waals surface area contributed by atoms with E-state index in [9.17, 15) is 9.90 Å². The van der Waals surface area contributed by atoms with E-state index in [2.05, 4.69) is 0 Å². The fourth-order valence-corrected chi connectivity index (χ4v) is 1.90. The maximum absolute atomic E-state index is 11.0. The van der Waals surface area contributed by atoms with Crippen LogP contribution in [-0.4, -0.2) is 5.97 Å². The first-order valence-electron chi connectivity index (χ1n) is 5.47. The zero-order chi connectivity index (χ0) is 12.1. The molecule has 3 heteroatoms. The highest BCUT2D eigenvalue weighted by molar-refractivity contribution is 5.86. The van der Waals surface area contributed by atoms with Crippen LogP contribution in [-0.2, 0) is 11.2 Å². The number of rotatable bonds is 4. The van der Waals surface area contributed by atoms with Crippen molar-refractivity contribution < 1.29 is 9.90 Å². The van der Waals surface area contributed by atoms with E-state index in [0.29, 0.717) is 12.0 Å². The number of hydrogen-bond acceptors (Lipinski definition) is 2. The van der Waals surface area contributed by atoms with Crippen LogP contribution in [0.25, 0.3) is 0 Å². The average molecular weight is 235 g/mol. The number of hydrogen-bond donors (Lipinski definition) is 1. The SMILES string of the molecule is C/C(Cc1ccccc1)=C(\C(=O)[O-])C(C)C.[NH4+]. The lowest BCUT2D eigenvalue weighted by Crippen LogP contribution is -2.28. The molecule has 0 atom stereocenters. The van der Waals surface area contributed by atoms with Gasteiger partial charge in [-0.1, -0.05) is 49.8 Å². The Balaban J connectivity index is 0.00000256. The van der Waals surface area contributed by atoms with E-state index >= 15 is 0 Å². The van der Waals surface area contributed by atoms with Gasteiger partial charge >= 0.3 is 0 Å². The summed E-state index contributed by atoms with van der Waals surface area (Å²) in [5.74, 6) is -1.06. The van der Waals surface area contributed by atoms with Crippen LogP contribution in [0.4, 0.5) is 0 Å². The van der Waals surface area contributed by atoms with Crippen LogP contribution in [0, 0.1) is 5.92 Å². The van der Waals surface area contributed by atoms with Crippen molar-refractivity contribution in [3.8, 4) is 0 Å². The van der Waals surface area contributed by atoms with Gasteiger partial charge in [0.25, 0.3) is 0 Å². The molecule has 0 aliphatic heterocycles. The third-order valence-electron chi connectivity index (χ3n) is 2.57. The summed E-state index contributed by atoms with van der Waals surface area (Å²) in [7, 11) is 0. The lowest BCUT2D eigenvalue weighted by atomic mass is 9.94. The van der Waals surface area contributed by atoms with Crippen molar-refractivity contribution in [3.63, 3.8) is 0 Å². The Bertz CT molecular complexity index is 394. The Morgan fingerprint density at radius 1 is 1.24 bits per heavy atom. The normalized spacial score (nSPS) is 11.8. The smallest absolute Gasteiger partial charge is 0.0677 e. The molecule has 0 saturated carbocycles. The van der Waals surface area contributed by atoms with Crippen LogP contribution < -0.4 is 11.3 Å². The topological polar surface area (TPSA) is 76.6 Å². The molecule has 0 amide bonds. The lowest BCUT2D eigenvalue weighted by Gasteiger charge is -2.17. The van der Waals surface area contributed by atoms with Gasteiger partial charge in [0.1, 0.15) is 0 Å². The second kappa shape index (κ2) is 6.86. The van der Waals surface area contributed by atoms with E-state index in [0.717, 1.165) is 11.1 Å². The predicted octanol–water partition coefficient (Wildman–Crippen LogP) is 2.33. The molecule has 0 aliphatic rings. The van der Waals surface area contributed by atoms with Gasteiger partial charge in [-0.3, -0.25) is 0 Å².